The fourth-order valence-corrected chi connectivity index (χ4v) is 3.98. The van der Waals surface area contributed by atoms with Crippen LogP contribution < -0.4 is 15.0 Å². The van der Waals surface area contributed by atoms with E-state index in [2.05, 4.69) is 34.5 Å². The van der Waals surface area contributed by atoms with Crippen LogP contribution in [0.2, 0.25) is 0 Å². The van der Waals surface area contributed by atoms with Crippen molar-refractivity contribution in [3.05, 3.63) is 59.7 Å². The SMILES string of the molecule is CC(C)(Oc1cccc(N2CC[C@@H](NC(=O)Cc3ccc(C4CC4)cc3)C2)c1)C(=O)O. The number of ether oxygens (including phenoxy) is 1. The molecule has 2 fully saturated rings. The zero-order valence-corrected chi connectivity index (χ0v) is 18.1. The second kappa shape index (κ2) is 8.61. The van der Waals surface area contributed by atoms with Crippen LogP contribution in [-0.4, -0.2) is 41.7 Å². The van der Waals surface area contributed by atoms with Gasteiger partial charge in [-0.3, -0.25) is 4.79 Å². The highest BCUT2D eigenvalue weighted by Crippen LogP contribution is 2.39. The number of nitrogens with one attached hydrogen (secondary N) is 1. The fourth-order valence-electron chi connectivity index (χ4n) is 3.98. The maximum atomic E-state index is 12.5. The van der Waals surface area contributed by atoms with Crippen molar-refractivity contribution in [2.45, 2.75) is 57.1 Å². The Labute approximate surface area is 183 Å². The first-order valence-corrected chi connectivity index (χ1v) is 11.0. The van der Waals surface area contributed by atoms with Crippen LogP contribution in [0.4, 0.5) is 5.69 Å². The minimum absolute atomic E-state index is 0.0475. The largest absolute Gasteiger partial charge is 0.478 e. The lowest BCUT2D eigenvalue weighted by Crippen LogP contribution is -2.38. The van der Waals surface area contributed by atoms with E-state index < -0.39 is 11.6 Å². The van der Waals surface area contributed by atoms with E-state index in [4.69, 9.17) is 4.74 Å². The van der Waals surface area contributed by atoms with Crippen LogP contribution in [0.3, 0.4) is 0 Å². The number of benzene rings is 2. The molecule has 6 heteroatoms. The Balaban J connectivity index is 1.30. The maximum absolute atomic E-state index is 12.5. The number of nitrogens with zero attached hydrogens (tertiary/aromatic N) is 1. The van der Waals surface area contributed by atoms with Gasteiger partial charge in [0.05, 0.1) is 6.42 Å². The van der Waals surface area contributed by atoms with Crippen molar-refractivity contribution >= 4 is 17.6 Å². The van der Waals surface area contributed by atoms with Gasteiger partial charge in [-0.25, -0.2) is 4.79 Å². The first-order valence-electron chi connectivity index (χ1n) is 11.0. The normalized spacial score (nSPS) is 18.6. The number of aliphatic carboxylic acids is 1. The number of carboxylic acids is 1. The van der Waals surface area contributed by atoms with Crippen LogP contribution in [0.1, 0.15) is 50.2 Å². The third-order valence-electron chi connectivity index (χ3n) is 6.02. The van der Waals surface area contributed by atoms with E-state index >= 15 is 0 Å². The van der Waals surface area contributed by atoms with Gasteiger partial charge in [0.1, 0.15) is 5.75 Å². The van der Waals surface area contributed by atoms with Gasteiger partial charge in [-0.15, -0.1) is 0 Å². The van der Waals surface area contributed by atoms with Crippen LogP contribution in [0.5, 0.6) is 5.75 Å². The molecule has 1 saturated heterocycles. The molecule has 2 N–H and O–H groups in total. The topological polar surface area (TPSA) is 78.9 Å². The number of anilines is 1. The highest BCUT2D eigenvalue weighted by Gasteiger charge is 2.30. The summed E-state index contributed by atoms with van der Waals surface area (Å²) in [6.45, 7) is 4.61. The van der Waals surface area contributed by atoms with Crippen molar-refractivity contribution in [2.24, 2.45) is 0 Å². The second-order valence-electron chi connectivity index (χ2n) is 9.11. The molecule has 0 aromatic heterocycles. The van der Waals surface area contributed by atoms with Gasteiger partial charge in [0.15, 0.2) is 5.60 Å². The molecule has 2 aromatic carbocycles. The van der Waals surface area contributed by atoms with Crippen LogP contribution in [0.15, 0.2) is 48.5 Å². The summed E-state index contributed by atoms with van der Waals surface area (Å²) in [5, 5.41) is 12.4. The molecule has 1 atom stereocenters. The lowest BCUT2D eigenvalue weighted by Gasteiger charge is -2.24. The Hall–Kier alpha value is -3.02. The molecule has 0 spiro atoms. The number of carbonyl (C=O) groups excluding carboxylic acids is 1. The highest BCUT2D eigenvalue weighted by atomic mass is 16.5. The summed E-state index contributed by atoms with van der Waals surface area (Å²) in [7, 11) is 0. The maximum Gasteiger partial charge on any atom is 0.347 e. The van der Waals surface area contributed by atoms with E-state index in [0.29, 0.717) is 12.2 Å². The first-order chi connectivity index (χ1) is 14.8. The van der Waals surface area contributed by atoms with Gasteiger partial charge in [0.25, 0.3) is 0 Å². The zero-order valence-electron chi connectivity index (χ0n) is 18.1. The van der Waals surface area contributed by atoms with E-state index in [1.165, 1.54) is 32.3 Å². The van der Waals surface area contributed by atoms with E-state index in [9.17, 15) is 14.7 Å². The number of rotatable bonds is 8. The van der Waals surface area contributed by atoms with Gasteiger partial charge >= 0.3 is 5.97 Å². The Morgan fingerprint density at radius 2 is 1.87 bits per heavy atom. The molecule has 2 aromatic rings. The third kappa shape index (κ3) is 5.37. The molecule has 4 rings (SSSR count). The molecule has 1 heterocycles. The fraction of sp³-hybridized carbons (Fsp3) is 0.440. The van der Waals surface area contributed by atoms with Crippen molar-refractivity contribution in [3.63, 3.8) is 0 Å². The standard InChI is InChI=1S/C25H30N2O4/c1-25(2,24(29)30)31-22-5-3-4-21(15-22)27-13-12-20(16-27)26-23(28)14-17-6-8-18(9-7-17)19-10-11-19/h3-9,15,19-20H,10-14,16H2,1-2H3,(H,26,28)(H,29,30)/t20-/m1/s1. The van der Waals surface area contributed by atoms with E-state index in [1.807, 2.05) is 18.2 Å². The zero-order chi connectivity index (χ0) is 22.0. The lowest BCUT2D eigenvalue weighted by atomic mass is 10.1. The molecule has 0 radical (unpaired) electrons. The van der Waals surface area contributed by atoms with Gasteiger partial charge in [-0.1, -0.05) is 30.3 Å². The minimum Gasteiger partial charge on any atom is -0.478 e. The number of carboxylic acid groups (broad SMARTS) is 1. The van der Waals surface area contributed by atoms with Crippen molar-refractivity contribution in [2.75, 3.05) is 18.0 Å². The summed E-state index contributed by atoms with van der Waals surface area (Å²) in [6, 6.07) is 16.0. The average Bonchev–Trinajstić information content (AvgIpc) is 3.47. The average molecular weight is 423 g/mol. The third-order valence-corrected chi connectivity index (χ3v) is 6.02. The van der Waals surface area contributed by atoms with Crippen LogP contribution in [0, 0.1) is 0 Å². The van der Waals surface area contributed by atoms with Gasteiger partial charge in [0, 0.05) is 30.9 Å². The lowest BCUT2D eigenvalue weighted by molar-refractivity contribution is -0.152. The first kappa shape index (κ1) is 21.2. The number of hydrogen-bond donors (Lipinski definition) is 2. The smallest absolute Gasteiger partial charge is 0.347 e. The molecule has 1 saturated carbocycles. The van der Waals surface area contributed by atoms with Crippen LogP contribution in [-0.2, 0) is 16.0 Å². The van der Waals surface area contributed by atoms with E-state index in [1.54, 1.807) is 6.07 Å². The number of amides is 1. The molecule has 1 aliphatic heterocycles. The number of carbonyl (C=O) groups is 2. The van der Waals surface area contributed by atoms with Crippen molar-refractivity contribution in [1.29, 1.82) is 0 Å². The monoisotopic (exact) mass is 422 g/mol. The van der Waals surface area contributed by atoms with Crippen molar-refractivity contribution in [1.82, 2.24) is 5.32 Å². The van der Waals surface area contributed by atoms with Crippen LogP contribution in [0.25, 0.3) is 0 Å². The summed E-state index contributed by atoms with van der Waals surface area (Å²) in [4.78, 5) is 26.0. The highest BCUT2D eigenvalue weighted by molar-refractivity contribution is 5.79. The Kier molecular flexibility index (Phi) is 5.90. The van der Waals surface area contributed by atoms with Gasteiger partial charge in [-0.05, 0) is 62.3 Å². The summed E-state index contributed by atoms with van der Waals surface area (Å²) in [5.74, 6) is 0.286. The predicted octanol–water partition coefficient (Wildman–Crippen LogP) is 3.74. The molecular weight excluding hydrogens is 392 g/mol. The van der Waals surface area contributed by atoms with E-state index in [-0.39, 0.29) is 11.9 Å². The Morgan fingerprint density at radius 1 is 1.13 bits per heavy atom. The molecule has 6 nitrogen and oxygen atoms in total. The molecule has 1 aliphatic carbocycles. The summed E-state index contributed by atoms with van der Waals surface area (Å²) < 4.78 is 5.65. The Bertz CT molecular complexity index is 950. The summed E-state index contributed by atoms with van der Waals surface area (Å²) in [5.41, 5.74) is 2.10. The molecule has 164 valence electrons. The quantitative estimate of drug-likeness (QED) is 0.678. The Morgan fingerprint density at radius 3 is 2.55 bits per heavy atom. The molecule has 2 aliphatic rings. The van der Waals surface area contributed by atoms with E-state index in [0.717, 1.165) is 36.7 Å². The predicted molar refractivity (Wildman–Crippen MR) is 120 cm³/mol. The number of hydrogen-bond acceptors (Lipinski definition) is 4. The molecule has 0 bridgehead atoms. The van der Waals surface area contributed by atoms with Gasteiger partial charge in [-0.2, -0.15) is 0 Å². The summed E-state index contributed by atoms with van der Waals surface area (Å²) >= 11 is 0. The molecule has 1 amide bonds. The molecule has 31 heavy (non-hydrogen) atoms. The van der Waals surface area contributed by atoms with Gasteiger partial charge < -0.3 is 20.1 Å². The van der Waals surface area contributed by atoms with Crippen LogP contribution >= 0.6 is 0 Å². The minimum atomic E-state index is -1.29. The molecular formula is C25H30N2O4. The van der Waals surface area contributed by atoms with Crippen molar-refractivity contribution < 1.29 is 19.4 Å². The molecule has 0 unspecified atom stereocenters. The summed E-state index contributed by atoms with van der Waals surface area (Å²) in [6.07, 6.45) is 3.84. The van der Waals surface area contributed by atoms with Gasteiger partial charge in [0.2, 0.25) is 5.91 Å². The second-order valence-corrected chi connectivity index (χ2v) is 9.11. The van der Waals surface area contributed by atoms with Crippen molar-refractivity contribution in [3.8, 4) is 5.75 Å².